The molecule has 0 aliphatic rings. The van der Waals surface area contributed by atoms with Gasteiger partial charge in [0, 0.05) is 23.9 Å². The van der Waals surface area contributed by atoms with Gasteiger partial charge in [-0.2, -0.15) is 0 Å². The normalized spacial score (nSPS) is 10.4. The topological polar surface area (TPSA) is 30.0 Å². The van der Waals surface area contributed by atoms with Crippen molar-refractivity contribution in [3.05, 3.63) is 64.7 Å². The third-order valence-electron chi connectivity index (χ3n) is 2.90. The van der Waals surface area contributed by atoms with Crippen LogP contribution in [0.15, 0.2) is 36.5 Å². The van der Waals surface area contributed by atoms with Crippen LogP contribution in [0.5, 0.6) is 0 Å². The number of aryl methyl sites for hydroxylation is 2. The van der Waals surface area contributed by atoms with E-state index in [0.717, 1.165) is 16.8 Å². The number of nitrogens with zero attached hydrogens (tertiary/aromatic N) is 1. The molecule has 0 unspecified atom stereocenters. The molecule has 0 saturated carbocycles. The molecule has 0 atom stereocenters. The van der Waals surface area contributed by atoms with Crippen molar-refractivity contribution in [3.63, 3.8) is 0 Å². The lowest BCUT2D eigenvalue weighted by Gasteiger charge is -2.05. The first-order chi connectivity index (χ1) is 8.56. The molecule has 2 aromatic rings. The van der Waals surface area contributed by atoms with Crippen LogP contribution < -0.4 is 0 Å². The Hall–Kier alpha value is -2.03. The van der Waals surface area contributed by atoms with Gasteiger partial charge in [0.25, 0.3) is 0 Å². The number of halogens is 1. The third-order valence-corrected chi connectivity index (χ3v) is 2.90. The highest BCUT2D eigenvalue weighted by Gasteiger charge is 2.09. The predicted octanol–water partition coefficient (Wildman–Crippen LogP) is 3.26. The molecule has 2 rings (SSSR count). The first-order valence-electron chi connectivity index (χ1n) is 5.77. The predicted molar refractivity (Wildman–Crippen MR) is 68.1 cm³/mol. The molecule has 18 heavy (non-hydrogen) atoms. The van der Waals surface area contributed by atoms with E-state index in [2.05, 4.69) is 4.98 Å². The average Bonchev–Trinajstić information content (AvgIpc) is 2.34. The molecular formula is C15H14FNO. The van der Waals surface area contributed by atoms with Crippen molar-refractivity contribution in [1.29, 1.82) is 0 Å². The van der Waals surface area contributed by atoms with E-state index in [1.165, 1.54) is 12.1 Å². The number of rotatable bonds is 3. The molecule has 0 spiro atoms. The Labute approximate surface area is 105 Å². The van der Waals surface area contributed by atoms with Gasteiger partial charge in [0.1, 0.15) is 5.82 Å². The molecule has 2 nitrogen and oxygen atoms in total. The summed E-state index contributed by atoms with van der Waals surface area (Å²) in [5.74, 6) is -0.360. The van der Waals surface area contributed by atoms with E-state index in [-0.39, 0.29) is 18.0 Å². The molecule has 0 fully saturated rings. The largest absolute Gasteiger partial charge is 0.294 e. The summed E-state index contributed by atoms with van der Waals surface area (Å²) in [6.07, 6.45) is 1.76. The lowest BCUT2D eigenvalue weighted by molar-refractivity contribution is 0.0992. The van der Waals surface area contributed by atoms with Gasteiger partial charge in [-0.3, -0.25) is 9.78 Å². The van der Waals surface area contributed by atoms with Crippen LogP contribution in [-0.4, -0.2) is 10.8 Å². The number of hydrogen-bond acceptors (Lipinski definition) is 2. The number of carbonyl (C=O) groups is 1. The van der Waals surface area contributed by atoms with Crippen molar-refractivity contribution in [3.8, 4) is 0 Å². The molecule has 92 valence electrons. The van der Waals surface area contributed by atoms with Gasteiger partial charge in [-0.1, -0.05) is 6.07 Å². The maximum Gasteiger partial charge on any atom is 0.168 e. The number of ketones is 1. The van der Waals surface area contributed by atoms with Crippen LogP contribution in [-0.2, 0) is 6.42 Å². The molecule has 1 aromatic heterocycles. The Morgan fingerprint density at radius 3 is 2.67 bits per heavy atom. The highest BCUT2D eigenvalue weighted by molar-refractivity contribution is 5.97. The van der Waals surface area contributed by atoms with Gasteiger partial charge < -0.3 is 0 Å². The maximum atomic E-state index is 13.1. The minimum absolute atomic E-state index is 0.0452. The van der Waals surface area contributed by atoms with Crippen LogP contribution in [0.4, 0.5) is 4.39 Å². The zero-order valence-electron chi connectivity index (χ0n) is 10.4. The fourth-order valence-corrected chi connectivity index (χ4v) is 1.74. The van der Waals surface area contributed by atoms with E-state index in [9.17, 15) is 9.18 Å². The number of Topliss-reactive ketones (excluding diaryl/α,β-unsaturated/α-hetero) is 1. The van der Waals surface area contributed by atoms with Crippen molar-refractivity contribution in [2.24, 2.45) is 0 Å². The van der Waals surface area contributed by atoms with Crippen LogP contribution in [0.25, 0.3) is 0 Å². The monoisotopic (exact) mass is 243 g/mol. The molecule has 0 amide bonds. The summed E-state index contributed by atoms with van der Waals surface area (Å²) < 4.78 is 13.1. The van der Waals surface area contributed by atoms with E-state index in [1.54, 1.807) is 24.4 Å². The standard InChI is InChI=1S/C15H14FNO/c1-10-3-6-14(16)7-13(10)8-15(18)12-5-4-11(2)17-9-12/h3-7,9H,8H2,1-2H3. The molecular weight excluding hydrogens is 229 g/mol. The molecule has 0 saturated heterocycles. The van der Waals surface area contributed by atoms with E-state index >= 15 is 0 Å². The third kappa shape index (κ3) is 2.80. The van der Waals surface area contributed by atoms with E-state index in [4.69, 9.17) is 0 Å². The SMILES string of the molecule is Cc1ccc(C(=O)Cc2cc(F)ccc2C)cn1. The molecule has 3 heteroatoms. The Kier molecular flexibility index (Phi) is 3.51. The molecule has 0 radical (unpaired) electrons. The summed E-state index contributed by atoms with van der Waals surface area (Å²) in [5, 5.41) is 0. The van der Waals surface area contributed by atoms with Crippen LogP contribution in [0.1, 0.15) is 27.2 Å². The van der Waals surface area contributed by atoms with Gasteiger partial charge in [-0.25, -0.2) is 4.39 Å². The van der Waals surface area contributed by atoms with Crippen molar-refractivity contribution in [2.45, 2.75) is 20.3 Å². The fourth-order valence-electron chi connectivity index (χ4n) is 1.74. The Morgan fingerprint density at radius 2 is 2.00 bits per heavy atom. The summed E-state index contributed by atoms with van der Waals surface area (Å²) in [7, 11) is 0. The molecule has 1 aromatic carbocycles. The summed E-state index contributed by atoms with van der Waals surface area (Å²) in [4.78, 5) is 16.1. The van der Waals surface area contributed by atoms with Gasteiger partial charge in [-0.15, -0.1) is 0 Å². The second-order valence-corrected chi connectivity index (χ2v) is 4.36. The van der Waals surface area contributed by atoms with Crippen molar-refractivity contribution in [2.75, 3.05) is 0 Å². The summed E-state index contributed by atoms with van der Waals surface area (Å²) in [6, 6.07) is 8.04. The Morgan fingerprint density at radius 1 is 1.22 bits per heavy atom. The van der Waals surface area contributed by atoms with Crippen LogP contribution in [0, 0.1) is 19.7 Å². The highest BCUT2D eigenvalue weighted by atomic mass is 19.1. The fraction of sp³-hybridized carbons (Fsp3) is 0.200. The minimum atomic E-state index is -0.314. The minimum Gasteiger partial charge on any atom is -0.294 e. The first kappa shape index (κ1) is 12.4. The number of benzene rings is 1. The van der Waals surface area contributed by atoms with Crippen LogP contribution in [0.3, 0.4) is 0 Å². The van der Waals surface area contributed by atoms with E-state index < -0.39 is 0 Å². The zero-order valence-corrected chi connectivity index (χ0v) is 10.4. The molecule has 0 N–H and O–H groups in total. The first-order valence-corrected chi connectivity index (χ1v) is 5.77. The maximum absolute atomic E-state index is 13.1. The average molecular weight is 243 g/mol. The van der Waals surface area contributed by atoms with Crippen molar-refractivity contribution < 1.29 is 9.18 Å². The second-order valence-electron chi connectivity index (χ2n) is 4.36. The lowest BCUT2D eigenvalue weighted by atomic mass is 10.00. The number of aromatic nitrogens is 1. The summed E-state index contributed by atoms with van der Waals surface area (Å²) >= 11 is 0. The lowest BCUT2D eigenvalue weighted by Crippen LogP contribution is -2.06. The van der Waals surface area contributed by atoms with Crippen LogP contribution in [0.2, 0.25) is 0 Å². The molecule has 1 heterocycles. The van der Waals surface area contributed by atoms with Gasteiger partial charge in [0.2, 0.25) is 0 Å². The number of carbonyl (C=O) groups excluding carboxylic acids is 1. The van der Waals surface area contributed by atoms with Gasteiger partial charge in [-0.05, 0) is 49.2 Å². The smallest absolute Gasteiger partial charge is 0.168 e. The van der Waals surface area contributed by atoms with Crippen molar-refractivity contribution >= 4 is 5.78 Å². The summed E-state index contributed by atoms with van der Waals surface area (Å²) in [6.45, 7) is 3.74. The van der Waals surface area contributed by atoms with E-state index in [1.807, 2.05) is 13.8 Å². The van der Waals surface area contributed by atoms with Gasteiger partial charge in [0.05, 0.1) is 0 Å². The summed E-state index contributed by atoms with van der Waals surface area (Å²) in [5.41, 5.74) is 3.07. The van der Waals surface area contributed by atoms with E-state index in [0.29, 0.717) is 5.56 Å². The second kappa shape index (κ2) is 5.08. The molecule has 0 aliphatic heterocycles. The molecule has 0 aliphatic carbocycles. The highest BCUT2D eigenvalue weighted by Crippen LogP contribution is 2.13. The Balaban J connectivity index is 2.21. The van der Waals surface area contributed by atoms with Crippen molar-refractivity contribution in [1.82, 2.24) is 4.98 Å². The Bertz CT molecular complexity index is 576. The van der Waals surface area contributed by atoms with Gasteiger partial charge in [0.15, 0.2) is 5.78 Å². The number of hydrogen-bond donors (Lipinski definition) is 0. The number of pyridine rings is 1. The molecule has 0 bridgehead atoms. The van der Waals surface area contributed by atoms with Crippen LogP contribution >= 0.6 is 0 Å². The van der Waals surface area contributed by atoms with Gasteiger partial charge >= 0.3 is 0 Å². The quantitative estimate of drug-likeness (QED) is 0.774. The zero-order chi connectivity index (χ0) is 13.1.